The zero-order chi connectivity index (χ0) is 15.7. The SMILES string of the molecule is CC(CC=C(F)B1OC(C)(C)C(C)(C)O1)c1ccccc1. The summed E-state index contributed by atoms with van der Waals surface area (Å²) < 4.78 is 25.7. The Hall–Kier alpha value is -1.13. The maximum atomic E-state index is 14.3. The van der Waals surface area contributed by atoms with Gasteiger partial charge in [-0.25, -0.2) is 4.39 Å². The molecule has 2 rings (SSSR count). The average molecular weight is 290 g/mol. The Morgan fingerprint density at radius 2 is 1.67 bits per heavy atom. The Labute approximate surface area is 127 Å². The molecule has 0 radical (unpaired) electrons. The van der Waals surface area contributed by atoms with E-state index in [2.05, 4.69) is 19.1 Å². The summed E-state index contributed by atoms with van der Waals surface area (Å²) in [5.41, 5.74) is -0.145. The third-order valence-corrected chi connectivity index (χ3v) is 4.51. The van der Waals surface area contributed by atoms with E-state index in [0.717, 1.165) is 0 Å². The molecule has 0 aromatic heterocycles. The van der Waals surface area contributed by atoms with E-state index in [1.54, 1.807) is 6.08 Å². The van der Waals surface area contributed by atoms with Gasteiger partial charge in [0.2, 0.25) is 0 Å². The van der Waals surface area contributed by atoms with Gasteiger partial charge >= 0.3 is 7.12 Å². The van der Waals surface area contributed by atoms with Crippen molar-refractivity contribution in [2.75, 3.05) is 0 Å². The Kier molecular flexibility index (Phi) is 4.59. The minimum atomic E-state index is -0.891. The first-order valence-electron chi connectivity index (χ1n) is 7.49. The van der Waals surface area contributed by atoms with Gasteiger partial charge in [0.05, 0.1) is 11.2 Å². The molecule has 1 aromatic carbocycles. The second-order valence-electron chi connectivity index (χ2n) is 6.72. The van der Waals surface area contributed by atoms with Crippen molar-refractivity contribution in [2.24, 2.45) is 0 Å². The van der Waals surface area contributed by atoms with E-state index in [9.17, 15) is 4.39 Å². The number of rotatable bonds is 4. The third kappa shape index (κ3) is 3.56. The second-order valence-corrected chi connectivity index (χ2v) is 6.72. The summed E-state index contributed by atoms with van der Waals surface area (Å²) in [6.07, 6.45) is 2.21. The van der Waals surface area contributed by atoms with E-state index in [1.165, 1.54) is 5.56 Å². The van der Waals surface area contributed by atoms with Crippen LogP contribution in [0.4, 0.5) is 4.39 Å². The Balaban J connectivity index is 2.00. The van der Waals surface area contributed by atoms with Crippen molar-refractivity contribution in [1.29, 1.82) is 0 Å². The lowest BCUT2D eigenvalue weighted by Crippen LogP contribution is -2.41. The molecule has 0 bridgehead atoms. The smallest absolute Gasteiger partial charge is 0.398 e. The Morgan fingerprint density at radius 1 is 1.14 bits per heavy atom. The molecule has 1 saturated heterocycles. The molecule has 1 aliphatic rings. The quantitative estimate of drug-likeness (QED) is 0.750. The standard InChI is InChI=1S/C17H24BFO2/c1-13(14-9-7-6-8-10-14)11-12-15(19)18-20-16(2,3)17(4,5)21-18/h6-10,12-13H,11H2,1-5H3. The van der Waals surface area contributed by atoms with Crippen LogP contribution in [0.1, 0.15) is 52.5 Å². The van der Waals surface area contributed by atoms with Gasteiger partial charge < -0.3 is 9.31 Å². The molecular weight excluding hydrogens is 266 g/mol. The Morgan fingerprint density at radius 3 is 2.19 bits per heavy atom. The molecule has 1 fully saturated rings. The van der Waals surface area contributed by atoms with Gasteiger partial charge in [0.15, 0.2) is 0 Å². The largest absolute Gasteiger partial charge is 0.524 e. The van der Waals surface area contributed by atoms with Crippen molar-refractivity contribution >= 4 is 7.12 Å². The molecule has 0 aliphatic carbocycles. The molecule has 1 heterocycles. The van der Waals surface area contributed by atoms with Crippen LogP contribution in [0.3, 0.4) is 0 Å². The molecule has 21 heavy (non-hydrogen) atoms. The fourth-order valence-corrected chi connectivity index (χ4v) is 2.26. The van der Waals surface area contributed by atoms with Gasteiger partial charge in [0, 0.05) is 0 Å². The normalized spacial score (nSPS) is 22.4. The number of benzene rings is 1. The summed E-state index contributed by atoms with van der Waals surface area (Å²) in [7, 11) is -0.891. The molecule has 1 aliphatic heterocycles. The summed E-state index contributed by atoms with van der Waals surface area (Å²) in [5.74, 6) is 0.263. The minimum Gasteiger partial charge on any atom is -0.398 e. The number of hydrogen-bond donors (Lipinski definition) is 0. The van der Waals surface area contributed by atoms with E-state index in [0.29, 0.717) is 6.42 Å². The summed E-state index contributed by atoms with van der Waals surface area (Å²) in [4.78, 5) is 0. The van der Waals surface area contributed by atoms with Crippen LogP contribution in [0, 0.1) is 0 Å². The van der Waals surface area contributed by atoms with Gasteiger partial charge in [0.25, 0.3) is 0 Å². The van der Waals surface area contributed by atoms with Gasteiger partial charge in [-0.1, -0.05) is 43.3 Å². The first-order valence-corrected chi connectivity index (χ1v) is 7.49. The maximum Gasteiger partial charge on any atom is 0.524 e. The van der Waals surface area contributed by atoms with Crippen LogP contribution < -0.4 is 0 Å². The van der Waals surface area contributed by atoms with Crippen LogP contribution in [0.2, 0.25) is 0 Å². The monoisotopic (exact) mass is 290 g/mol. The number of halogens is 1. The summed E-state index contributed by atoms with van der Waals surface area (Å²) in [5, 5.41) is 0. The molecule has 1 atom stereocenters. The Bertz CT molecular complexity index is 495. The maximum absolute atomic E-state index is 14.3. The van der Waals surface area contributed by atoms with Gasteiger partial charge in [0.1, 0.15) is 5.73 Å². The first kappa shape index (κ1) is 16.2. The van der Waals surface area contributed by atoms with Crippen LogP contribution in [0.15, 0.2) is 42.1 Å². The molecule has 2 nitrogen and oxygen atoms in total. The molecule has 0 saturated carbocycles. The van der Waals surface area contributed by atoms with Crippen LogP contribution in [0.5, 0.6) is 0 Å². The summed E-state index contributed by atoms with van der Waals surface area (Å²) in [6.45, 7) is 9.78. The molecule has 114 valence electrons. The van der Waals surface area contributed by atoms with E-state index in [4.69, 9.17) is 9.31 Å². The molecule has 0 amide bonds. The van der Waals surface area contributed by atoms with Gasteiger partial charge in [-0.3, -0.25) is 0 Å². The zero-order valence-corrected chi connectivity index (χ0v) is 13.5. The van der Waals surface area contributed by atoms with E-state index in [1.807, 2.05) is 45.9 Å². The van der Waals surface area contributed by atoms with Gasteiger partial charge in [-0.05, 0) is 45.6 Å². The average Bonchev–Trinajstić information content (AvgIpc) is 2.65. The summed E-state index contributed by atoms with van der Waals surface area (Å²) >= 11 is 0. The van der Waals surface area contributed by atoms with Crippen LogP contribution in [-0.4, -0.2) is 18.3 Å². The molecule has 4 heteroatoms. The van der Waals surface area contributed by atoms with Crippen molar-refractivity contribution in [3.8, 4) is 0 Å². The van der Waals surface area contributed by atoms with Gasteiger partial charge in [-0.15, -0.1) is 0 Å². The van der Waals surface area contributed by atoms with Crippen LogP contribution in [0.25, 0.3) is 0 Å². The topological polar surface area (TPSA) is 18.5 Å². The van der Waals surface area contributed by atoms with E-state index < -0.39 is 18.3 Å². The summed E-state index contributed by atoms with van der Waals surface area (Å²) in [6, 6.07) is 10.1. The van der Waals surface area contributed by atoms with E-state index >= 15 is 0 Å². The van der Waals surface area contributed by atoms with Crippen molar-refractivity contribution in [2.45, 2.75) is 58.2 Å². The van der Waals surface area contributed by atoms with Crippen LogP contribution in [-0.2, 0) is 9.31 Å². The number of hydrogen-bond acceptors (Lipinski definition) is 2. The molecule has 1 aromatic rings. The fraction of sp³-hybridized carbons (Fsp3) is 0.529. The highest BCUT2D eigenvalue weighted by Crippen LogP contribution is 2.39. The van der Waals surface area contributed by atoms with Crippen molar-refractivity contribution in [3.63, 3.8) is 0 Å². The highest BCUT2D eigenvalue weighted by Gasteiger charge is 2.52. The molecule has 1 unspecified atom stereocenters. The second kappa shape index (κ2) is 5.94. The predicted octanol–water partition coefficient (Wildman–Crippen LogP) is 4.67. The molecular formula is C17H24BFO2. The molecule has 0 N–H and O–H groups in total. The minimum absolute atomic E-state index is 0.263. The predicted molar refractivity (Wildman–Crippen MR) is 84.7 cm³/mol. The van der Waals surface area contributed by atoms with Crippen LogP contribution >= 0.6 is 0 Å². The highest BCUT2D eigenvalue weighted by molar-refractivity contribution is 6.53. The zero-order valence-electron chi connectivity index (χ0n) is 13.5. The van der Waals surface area contributed by atoms with Crippen molar-refractivity contribution in [3.05, 3.63) is 47.7 Å². The lowest BCUT2D eigenvalue weighted by Gasteiger charge is -2.32. The first-order chi connectivity index (χ1) is 9.73. The number of allylic oxidation sites excluding steroid dienone is 1. The lowest BCUT2D eigenvalue weighted by atomic mass is 9.86. The molecule has 0 spiro atoms. The van der Waals surface area contributed by atoms with Gasteiger partial charge in [-0.2, -0.15) is 0 Å². The van der Waals surface area contributed by atoms with Crippen molar-refractivity contribution in [1.82, 2.24) is 0 Å². The third-order valence-electron chi connectivity index (χ3n) is 4.51. The van der Waals surface area contributed by atoms with Crippen molar-refractivity contribution < 1.29 is 13.7 Å². The lowest BCUT2D eigenvalue weighted by molar-refractivity contribution is 0.00578. The fourth-order valence-electron chi connectivity index (χ4n) is 2.26. The van der Waals surface area contributed by atoms with E-state index in [-0.39, 0.29) is 11.6 Å². The highest BCUT2D eigenvalue weighted by atomic mass is 19.1.